The molecule has 1 saturated carbocycles. The summed E-state index contributed by atoms with van der Waals surface area (Å²) in [4.78, 5) is 11.6. The topological polar surface area (TPSA) is 82.5 Å². The van der Waals surface area contributed by atoms with Gasteiger partial charge in [-0.1, -0.05) is 30.3 Å². The van der Waals surface area contributed by atoms with Crippen molar-refractivity contribution in [3.8, 4) is 5.75 Å². The van der Waals surface area contributed by atoms with E-state index in [2.05, 4.69) is 22.8 Å². The van der Waals surface area contributed by atoms with Gasteiger partial charge in [0.1, 0.15) is 18.2 Å². The SMILES string of the molecule is CN(C)c1nc(NC2CCC(CNCc3ccccc3OCCO)CC2)nc2ccccc12. The molecule has 0 aliphatic heterocycles. The molecule has 1 heterocycles. The summed E-state index contributed by atoms with van der Waals surface area (Å²) in [7, 11) is 4.04. The van der Waals surface area contributed by atoms with Gasteiger partial charge in [0.05, 0.1) is 12.1 Å². The zero-order valence-electron chi connectivity index (χ0n) is 19.6. The highest BCUT2D eigenvalue weighted by Crippen LogP contribution is 2.28. The molecule has 1 aromatic heterocycles. The Hall–Kier alpha value is -2.90. The Kier molecular flexibility index (Phi) is 7.96. The third kappa shape index (κ3) is 6.12. The van der Waals surface area contributed by atoms with E-state index < -0.39 is 0 Å². The molecule has 1 aliphatic carbocycles. The van der Waals surface area contributed by atoms with E-state index in [-0.39, 0.29) is 6.61 Å². The number of aliphatic hydroxyl groups is 1. The Morgan fingerprint density at radius 2 is 1.76 bits per heavy atom. The molecule has 3 aromatic rings. The fraction of sp³-hybridized carbons (Fsp3) is 0.462. The number of ether oxygens (including phenoxy) is 1. The van der Waals surface area contributed by atoms with Gasteiger partial charge in [-0.05, 0) is 56.3 Å². The summed E-state index contributed by atoms with van der Waals surface area (Å²) in [6.45, 7) is 2.13. The van der Waals surface area contributed by atoms with Crippen molar-refractivity contribution < 1.29 is 9.84 Å². The van der Waals surface area contributed by atoms with E-state index in [0.29, 0.717) is 18.6 Å². The number of hydrogen-bond donors (Lipinski definition) is 3. The van der Waals surface area contributed by atoms with Gasteiger partial charge in [-0.3, -0.25) is 0 Å². The first-order chi connectivity index (χ1) is 16.1. The lowest BCUT2D eigenvalue weighted by molar-refractivity contribution is 0.200. The minimum atomic E-state index is 0.0275. The maximum Gasteiger partial charge on any atom is 0.225 e. The Labute approximate surface area is 196 Å². The van der Waals surface area contributed by atoms with E-state index in [9.17, 15) is 0 Å². The zero-order valence-corrected chi connectivity index (χ0v) is 19.6. The molecule has 0 saturated heterocycles. The summed E-state index contributed by atoms with van der Waals surface area (Å²) in [6, 6.07) is 16.6. The molecule has 0 unspecified atom stereocenters. The van der Waals surface area contributed by atoms with Crippen LogP contribution in [0.25, 0.3) is 10.9 Å². The Bertz CT molecular complexity index is 1030. The van der Waals surface area contributed by atoms with Gasteiger partial charge in [-0.15, -0.1) is 0 Å². The van der Waals surface area contributed by atoms with Gasteiger partial charge in [-0.2, -0.15) is 4.98 Å². The Balaban J connectivity index is 1.27. The molecule has 1 aliphatic rings. The van der Waals surface area contributed by atoms with Gasteiger partial charge in [0.25, 0.3) is 0 Å². The van der Waals surface area contributed by atoms with Crippen molar-refractivity contribution in [1.29, 1.82) is 0 Å². The number of rotatable bonds is 10. The van der Waals surface area contributed by atoms with Crippen LogP contribution in [0.1, 0.15) is 31.2 Å². The quantitative estimate of drug-likeness (QED) is 0.434. The lowest BCUT2D eigenvalue weighted by Gasteiger charge is -2.29. The fourth-order valence-electron chi connectivity index (χ4n) is 4.52. The van der Waals surface area contributed by atoms with Crippen molar-refractivity contribution in [1.82, 2.24) is 15.3 Å². The van der Waals surface area contributed by atoms with E-state index in [1.807, 2.05) is 55.4 Å². The number of para-hydroxylation sites is 2. The number of nitrogens with one attached hydrogen (secondary N) is 2. The van der Waals surface area contributed by atoms with E-state index >= 15 is 0 Å². The van der Waals surface area contributed by atoms with Crippen LogP contribution < -0.4 is 20.3 Å². The highest BCUT2D eigenvalue weighted by atomic mass is 16.5. The number of hydrogen-bond acceptors (Lipinski definition) is 7. The number of nitrogens with zero attached hydrogens (tertiary/aromatic N) is 3. The molecule has 7 nitrogen and oxygen atoms in total. The maximum absolute atomic E-state index is 9.01. The van der Waals surface area contributed by atoms with Gasteiger partial charge in [0.2, 0.25) is 5.95 Å². The molecule has 7 heteroatoms. The highest BCUT2D eigenvalue weighted by Gasteiger charge is 2.22. The molecule has 0 atom stereocenters. The normalized spacial score (nSPS) is 18.3. The molecular formula is C26H35N5O2. The lowest BCUT2D eigenvalue weighted by Crippen LogP contribution is -2.31. The van der Waals surface area contributed by atoms with Gasteiger partial charge in [0.15, 0.2) is 0 Å². The van der Waals surface area contributed by atoms with Gasteiger partial charge >= 0.3 is 0 Å². The summed E-state index contributed by atoms with van der Waals surface area (Å²) < 4.78 is 5.64. The molecule has 0 spiro atoms. The molecule has 176 valence electrons. The second kappa shape index (κ2) is 11.3. The molecular weight excluding hydrogens is 414 g/mol. The van der Waals surface area contributed by atoms with Crippen molar-refractivity contribution in [2.45, 2.75) is 38.3 Å². The average Bonchev–Trinajstić information content (AvgIpc) is 2.84. The van der Waals surface area contributed by atoms with Crippen molar-refractivity contribution in [2.75, 3.05) is 44.1 Å². The Morgan fingerprint density at radius 3 is 2.55 bits per heavy atom. The molecule has 3 N–H and O–H groups in total. The van der Waals surface area contributed by atoms with Crippen LogP contribution in [0, 0.1) is 5.92 Å². The van der Waals surface area contributed by atoms with Crippen LogP contribution in [0.5, 0.6) is 5.75 Å². The van der Waals surface area contributed by atoms with E-state index in [0.717, 1.165) is 59.9 Å². The second-order valence-electron chi connectivity index (χ2n) is 8.96. The summed E-state index contributed by atoms with van der Waals surface area (Å²) in [6.07, 6.45) is 4.61. The minimum absolute atomic E-state index is 0.0275. The third-order valence-corrected chi connectivity index (χ3v) is 6.26. The largest absolute Gasteiger partial charge is 0.491 e. The number of benzene rings is 2. The molecule has 0 amide bonds. The summed E-state index contributed by atoms with van der Waals surface area (Å²) in [5, 5.41) is 17.3. The molecule has 2 aromatic carbocycles. The fourth-order valence-corrected chi connectivity index (χ4v) is 4.52. The van der Waals surface area contributed by atoms with Gasteiger partial charge in [0, 0.05) is 37.6 Å². The highest BCUT2D eigenvalue weighted by molar-refractivity contribution is 5.90. The molecule has 4 rings (SSSR count). The van der Waals surface area contributed by atoms with Crippen LogP contribution in [0.2, 0.25) is 0 Å². The van der Waals surface area contributed by atoms with Gasteiger partial charge < -0.3 is 25.4 Å². The number of anilines is 2. The van der Waals surface area contributed by atoms with E-state index in [4.69, 9.17) is 19.8 Å². The number of aliphatic hydroxyl groups excluding tert-OH is 1. The zero-order chi connectivity index (χ0) is 23.0. The standard InChI is InChI=1S/C26H35N5O2/c1-31(2)25-22-8-4-5-9-23(22)29-26(30-25)28-21-13-11-19(12-14-21)17-27-18-20-7-3-6-10-24(20)33-16-15-32/h3-10,19,21,27,32H,11-18H2,1-2H3,(H,28,29,30). The predicted molar refractivity (Wildman–Crippen MR) is 134 cm³/mol. The molecule has 33 heavy (non-hydrogen) atoms. The smallest absolute Gasteiger partial charge is 0.225 e. The van der Waals surface area contributed by atoms with Gasteiger partial charge in [-0.25, -0.2) is 4.98 Å². The first kappa shape index (κ1) is 23.3. The molecule has 0 radical (unpaired) electrons. The molecule has 1 fully saturated rings. The summed E-state index contributed by atoms with van der Waals surface area (Å²) in [5.74, 6) is 3.19. The summed E-state index contributed by atoms with van der Waals surface area (Å²) in [5.41, 5.74) is 2.10. The lowest BCUT2D eigenvalue weighted by atomic mass is 9.86. The Morgan fingerprint density at radius 1 is 1.00 bits per heavy atom. The number of aromatic nitrogens is 2. The minimum Gasteiger partial charge on any atom is -0.491 e. The van der Waals surface area contributed by atoms with Crippen LogP contribution in [0.4, 0.5) is 11.8 Å². The van der Waals surface area contributed by atoms with Crippen LogP contribution in [-0.4, -0.2) is 55.0 Å². The van der Waals surface area contributed by atoms with Crippen LogP contribution in [0.15, 0.2) is 48.5 Å². The van der Waals surface area contributed by atoms with Crippen molar-refractivity contribution >= 4 is 22.7 Å². The number of fused-ring (bicyclic) bond motifs is 1. The predicted octanol–water partition coefficient (Wildman–Crippen LogP) is 3.83. The van der Waals surface area contributed by atoms with Crippen LogP contribution in [0.3, 0.4) is 0 Å². The van der Waals surface area contributed by atoms with E-state index in [1.165, 1.54) is 12.8 Å². The molecule has 0 bridgehead atoms. The summed E-state index contributed by atoms with van der Waals surface area (Å²) >= 11 is 0. The first-order valence-corrected chi connectivity index (χ1v) is 11.9. The van der Waals surface area contributed by atoms with Crippen LogP contribution >= 0.6 is 0 Å². The second-order valence-corrected chi connectivity index (χ2v) is 8.96. The van der Waals surface area contributed by atoms with Crippen molar-refractivity contribution in [3.63, 3.8) is 0 Å². The third-order valence-electron chi connectivity index (χ3n) is 6.26. The average molecular weight is 450 g/mol. The maximum atomic E-state index is 9.01. The monoisotopic (exact) mass is 449 g/mol. The van der Waals surface area contributed by atoms with Crippen molar-refractivity contribution in [3.05, 3.63) is 54.1 Å². The van der Waals surface area contributed by atoms with Crippen molar-refractivity contribution in [2.24, 2.45) is 5.92 Å². The van der Waals surface area contributed by atoms with E-state index in [1.54, 1.807) is 0 Å². The van der Waals surface area contributed by atoms with Crippen LogP contribution in [-0.2, 0) is 6.54 Å². The first-order valence-electron chi connectivity index (χ1n) is 11.9.